The molecule has 8 heteroatoms. The van der Waals surface area contributed by atoms with Crippen molar-refractivity contribution in [1.82, 2.24) is 19.9 Å². The minimum absolute atomic E-state index is 0.176. The van der Waals surface area contributed by atoms with Gasteiger partial charge in [0.1, 0.15) is 10.7 Å². The first-order valence-corrected chi connectivity index (χ1v) is 8.65. The quantitative estimate of drug-likeness (QED) is 0.731. The molecule has 0 saturated carbocycles. The van der Waals surface area contributed by atoms with Gasteiger partial charge in [0.15, 0.2) is 0 Å². The van der Waals surface area contributed by atoms with Crippen molar-refractivity contribution in [2.45, 2.75) is 33.2 Å². The molecule has 0 aliphatic rings. The number of carboxylic acid groups (broad SMARTS) is 1. The van der Waals surface area contributed by atoms with Crippen LogP contribution in [-0.4, -0.2) is 31.6 Å². The van der Waals surface area contributed by atoms with Crippen molar-refractivity contribution in [1.29, 1.82) is 0 Å². The highest BCUT2D eigenvalue weighted by Crippen LogP contribution is 2.25. The number of hydrogen-bond acceptors (Lipinski definition) is 5. The molecule has 2 heterocycles. The van der Waals surface area contributed by atoms with E-state index in [4.69, 9.17) is 5.11 Å². The number of amides is 1. The summed E-state index contributed by atoms with van der Waals surface area (Å²) >= 11 is 1.31. The van der Waals surface area contributed by atoms with Gasteiger partial charge in [0.2, 0.25) is 4.96 Å². The Morgan fingerprint density at radius 1 is 1.24 bits per heavy atom. The van der Waals surface area contributed by atoms with Crippen LogP contribution < -0.4 is 5.32 Å². The second-order valence-electron chi connectivity index (χ2n) is 6.03. The van der Waals surface area contributed by atoms with E-state index in [0.29, 0.717) is 16.4 Å². The van der Waals surface area contributed by atoms with Crippen LogP contribution in [0.15, 0.2) is 24.3 Å². The summed E-state index contributed by atoms with van der Waals surface area (Å²) in [6, 6.07) is 6.43. The molecule has 0 aliphatic carbocycles. The van der Waals surface area contributed by atoms with Crippen LogP contribution in [0.25, 0.3) is 4.96 Å². The largest absolute Gasteiger partial charge is 0.478 e. The van der Waals surface area contributed by atoms with Crippen LogP contribution in [0.5, 0.6) is 0 Å². The van der Waals surface area contributed by atoms with Crippen molar-refractivity contribution in [2.24, 2.45) is 0 Å². The molecule has 2 N–H and O–H groups in total. The van der Waals surface area contributed by atoms with E-state index in [0.717, 1.165) is 17.1 Å². The highest BCUT2D eigenvalue weighted by Gasteiger charge is 2.20. The summed E-state index contributed by atoms with van der Waals surface area (Å²) in [6.07, 6.45) is 0. The second-order valence-corrected chi connectivity index (χ2v) is 7.01. The molecule has 0 aliphatic heterocycles. The third-order valence-corrected chi connectivity index (χ3v) is 5.02. The van der Waals surface area contributed by atoms with Gasteiger partial charge < -0.3 is 10.4 Å². The first-order valence-electron chi connectivity index (χ1n) is 7.83. The van der Waals surface area contributed by atoms with Crippen molar-refractivity contribution < 1.29 is 14.7 Å². The standard InChI is InChI=1S/C17H18N4O3S/c1-9(2)14-19-20-17-21(14)10(3)13(25-17)15(22)18-8-11-4-6-12(7-5-11)16(23)24/h4-7,9H,8H2,1-3H3,(H,18,22)(H,23,24). The smallest absolute Gasteiger partial charge is 0.335 e. The Balaban J connectivity index is 1.76. The highest BCUT2D eigenvalue weighted by molar-refractivity contribution is 7.19. The fraction of sp³-hybridized carbons (Fsp3) is 0.294. The van der Waals surface area contributed by atoms with Crippen LogP contribution in [0.3, 0.4) is 0 Å². The third-order valence-electron chi connectivity index (χ3n) is 3.89. The molecule has 3 aromatic rings. The maximum atomic E-state index is 12.5. The number of aryl methyl sites for hydroxylation is 1. The maximum Gasteiger partial charge on any atom is 0.335 e. The van der Waals surface area contributed by atoms with Crippen LogP contribution in [0.2, 0.25) is 0 Å². The van der Waals surface area contributed by atoms with Gasteiger partial charge in [0, 0.05) is 18.2 Å². The van der Waals surface area contributed by atoms with E-state index in [1.165, 1.54) is 23.5 Å². The molecule has 2 aromatic heterocycles. The predicted octanol–water partition coefficient (Wildman–Crippen LogP) is 2.85. The number of nitrogens with one attached hydrogen (secondary N) is 1. The topological polar surface area (TPSA) is 96.6 Å². The summed E-state index contributed by atoms with van der Waals surface area (Å²) in [5.41, 5.74) is 1.88. The summed E-state index contributed by atoms with van der Waals surface area (Å²) in [7, 11) is 0. The Labute approximate surface area is 148 Å². The van der Waals surface area contributed by atoms with Gasteiger partial charge in [-0.3, -0.25) is 9.20 Å². The Morgan fingerprint density at radius 2 is 1.92 bits per heavy atom. The van der Waals surface area contributed by atoms with Crippen LogP contribution in [0.1, 0.15) is 56.9 Å². The molecule has 0 bridgehead atoms. The van der Waals surface area contributed by atoms with Crippen LogP contribution in [0, 0.1) is 6.92 Å². The van der Waals surface area contributed by atoms with Crippen LogP contribution in [-0.2, 0) is 6.54 Å². The van der Waals surface area contributed by atoms with Gasteiger partial charge in [-0.25, -0.2) is 4.79 Å². The first-order chi connectivity index (χ1) is 11.9. The molecule has 0 radical (unpaired) electrons. The SMILES string of the molecule is Cc1c(C(=O)NCc2ccc(C(=O)O)cc2)sc2nnc(C(C)C)n12. The van der Waals surface area contributed by atoms with E-state index in [1.54, 1.807) is 12.1 Å². The number of carboxylic acids is 1. The molecule has 3 rings (SSSR count). The molecular formula is C17H18N4O3S. The van der Waals surface area contributed by atoms with Gasteiger partial charge in [0.05, 0.1) is 5.56 Å². The van der Waals surface area contributed by atoms with Crippen LogP contribution >= 0.6 is 11.3 Å². The van der Waals surface area contributed by atoms with E-state index >= 15 is 0 Å². The number of aromatic nitrogens is 3. The highest BCUT2D eigenvalue weighted by atomic mass is 32.1. The van der Waals surface area contributed by atoms with Gasteiger partial charge in [-0.1, -0.05) is 37.3 Å². The van der Waals surface area contributed by atoms with Crippen molar-refractivity contribution in [3.63, 3.8) is 0 Å². The molecule has 0 atom stereocenters. The summed E-state index contributed by atoms with van der Waals surface area (Å²) in [4.78, 5) is 24.7. The van der Waals surface area contributed by atoms with Crippen molar-refractivity contribution >= 4 is 28.2 Å². The molecule has 25 heavy (non-hydrogen) atoms. The van der Waals surface area contributed by atoms with Gasteiger partial charge in [-0.05, 0) is 24.6 Å². The lowest BCUT2D eigenvalue weighted by molar-refractivity contribution is 0.0696. The summed E-state index contributed by atoms with van der Waals surface area (Å²) < 4.78 is 1.92. The average molecular weight is 358 g/mol. The van der Waals surface area contributed by atoms with Crippen molar-refractivity contribution in [3.8, 4) is 0 Å². The molecule has 7 nitrogen and oxygen atoms in total. The van der Waals surface area contributed by atoms with Gasteiger partial charge in [0.25, 0.3) is 5.91 Å². The number of fused-ring (bicyclic) bond motifs is 1. The zero-order valence-electron chi connectivity index (χ0n) is 14.1. The summed E-state index contributed by atoms with van der Waals surface area (Å²) in [6.45, 7) is 6.28. The van der Waals surface area contributed by atoms with Crippen LogP contribution in [0.4, 0.5) is 0 Å². The lowest BCUT2D eigenvalue weighted by atomic mass is 10.1. The molecule has 0 unspecified atom stereocenters. The van der Waals surface area contributed by atoms with Gasteiger partial charge in [-0.2, -0.15) is 0 Å². The maximum absolute atomic E-state index is 12.5. The van der Waals surface area contributed by atoms with E-state index < -0.39 is 5.97 Å². The van der Waals surface area contributed by atoms with E-state index in [1.807, 2.05) is 25.2 Å². The normalized spacial score (nSPS) is 11.2. The predicted molar refractivity (Wildman–Crippen MR) is 94.3 cm³/mol. The molecule has 0 spiro atoms. The average Bonchev–Trinajstić information content (AvgIpc) is 3.13. The minimum atomic E-state index is -0.970. The Morgan fingerprint density at radius 3 is 2.52 bits per heavy atom. The minimum Gasteiger partial charge on any atom is -0.478 e. The summed E-state index contributed by atoms with van der Waals surface area (Å²) in [5.74, 6) is -0.0910. The lowest BCUT2D eigenvalue weighted by Gasteiger charge is -2.06. The third kappa shape index (κ3) is 3.25. The van der Waals surface area contributed by atoms with E-state index in [9.17, 15) is 9.59 Å². The number of thiazole rings is 1. The number of rotatable bonds is 5. The first kappa shape index (κ1) is 17.1. The van der Waals surface area contributed by atoms with Crippen molar-refractivity contribution in [3.05, 3.63) is 51.8 Å². The fourth-order valence-corrected chi connectivity index (χ4v) is 3.53. The monoisotopic (exact) mass is 358 g/mol. The molecule has 0 fully saturated rings. The van der Waals surface area contributed by atoms with Gasteiger partial charge >= 0.3 is 5.97 Å². The molecule has 130 valence electrons. The van der Waals surface area contributed by atoms with E-state index in [-0.39, 0.29) is 17.4 Å². The fourth-order valence-electron chi connectivity index (χ4n) is 2.54. The van der Waals surface area contributed by atoms with Gasteiger partial charge in [-0.15, -0.1) is 10.2 Å². The molecule has 0 saturated heterocycles. The number of carbonyl (C=O) groups excluding carboxylic acids is 1. The Bertz CT molecular complexity index is 941. The molecular weight excluding hydrogens is 340 g/mol. The number of nitrogens with zero attached hydrogens (tertiary/aromatic N) is 3. The summed E-state index contributed by atoms with van der Waals surface area (Å²) in [5, 5.41) is 20.1. The van der Waals surface area contributed by atoms with Crippen molar-refractivity contribution in [2.75, 3.05) is 0 Å². The number of hydrogen-bond donors (Lipinski definition) is 2. The number of carbonyl (C=O) groups is 2. The number of aromatic carboxylic acids is 1. The zero-order chi connectivity index (χ0) is 18.1. The second kappa shape index (κ2) is 6.64. The molecule has 1 aromatic carbocycles. The zero-order valence-corrected chi connectivity index (χ0v) is 14.9. The lowest BCUT2D eigenvalue weighted by Crippen LogP contribution is -2.22. The molecule has 1 amide bonds. The van der Waals surface area contributed by atoms with E-state index in [2.05, 4.69) is 15.5 Å². The Hall–Kier alpha value is -2.74. The number of benzene rings is 1. The Kier molecular flexibility index (Phi) is 4.54.